The van der Waals surface area contributed by atoms with Crippen molar-refractivity contribution in [2.24, 2.45) is 5.73 Å². The molecule has 1 heterocycles. The van der Waals surface area contributed by atoms with Crippen molar-refractivity contribution in [3.8, 4) is 0 Å². The maximum absolute atomic E-state index is 12.4. The average Bonchev–Trinajstić information content (AvgIpc) is 2.58. The molecular weight excluding hydrogens is 229 g/mol. The summed E-state index contributed by atoms with van der Waals surface area (Å²) in [5.74, 6) is 0. The first kappa shape index (κ1) is 12.4. The maximum Gasteiger partial charge on any atom is 0.416 e. The van der Waals surface area contributed by atoms with Crippen molar-refractivity contribution in [3.05, 3.63) is 35.4 Å². The second kappa shape index (κ2) is 4.31. The predicted octanol–water partition coefficient (Wildman–Crippen LogP) is 2.41. The summed E-state index contributed by atoms with van der Waals surface area (Å²) in [6.07, 6.45) is -3.40. The van der Waals surface area contributed by atoms with E-state index in [9.17, 15) is 13.2 Å². The van der Waals surface area contributed by atoms with E-state index < -0.39 is 11.7 Å². The minimum Gasteiger partial charge on any atom is -0.326 e. The molecule has 2 nitrogen and oxygen atoms in total. The van der Waals surface area contributed by atoms with Crippen LogP contribution in [0.5, 0.6) is 0 Å². The van der Waals surface area contributed by atoms with Crippen LogP contribution in [0, 0.1) is 0 Å². The van der Waals surface area contributed by atoms with Gasteiger partial charge in [-0.3, -0.25) is 4.90 Å². The Morgan fingerprint density at radius 3 is 2.24 bits per heavy atom. The maximum atomic E-state index is 12.4. The Bertz CT molecular complexity index is 376. The molecule has 0 amide bonds. The molecule has 1 aliphatic heterocycles. The Hall–Kier alpha value is -1.07. The predicted molar refractivity (Wildman–Crippen MR) is 59.4 cm³/mol. The summed E-state index contributed by atoms with van der Waals surface area (Å²) in [6.45, 7) is 0.882. The smallest absolute Gasteiger partial charge is 0.326 e. The second-order valence-corrected chi connectivity index (χ2v) is 4.50. The van der Waals surface area contributed by atoms with E-state index in [2.05, 4.69) is 4.90 Å². The summed E-state index contributed by atoms with van der Waals surface area (Å²) in [7, 11) is 1.94. The van der Waals surface area contributed by atoms with Crippen molar-refractivity contribution in [3.63, 3.8) is 0 Å². The van der Waals surface area contributed by atoms with Crippen molar-refractivity contribution in [1.82, 2.24) is 4.90 Å². The van der Waals surface area contributed by atoms with E-state index in [1.54, 1.807) is 0 Å². The van der Waals surface area contributed by atoms with Gasteiger partial charge in [0.1, 0.15) is 0 Å². The van der Waals surface area contributed by atoms with Gasteiger partial charge in [0.25, 0.3) is 0 Å². The topological polar surface area (TPSA) is 29.3 Å². The molecule has 17 heavy (non-hydrogen) atoms. The van der Waals surface area contributed by atoms with Crippen LogP contribution >= 0.6 is 0 Å². The van der Waals surface area contributed by atoms with Gasteiger partial charge in [-0.1, -0.05) is 12.1 Å². The zero-order chi connectivity index (χ0) is 12.6. The Morgan fingerprint density at radius 2 is 1.82 bits per heavy atom. The van der Waals surface area contributed by atoms with Crippen molar-refractivity contribution < 1.29 is 13.2 Å². The van der Waals surface area contributed by atoms with Crippen LogP contribution in [0.2, 0.25) is 0 Å². The van der Waals surface area contributed by atoms with Crippen molar-refractivity contribution >= 4 is 0 Å². The van der Waals surface area contributed by atoms with Gasteiger partial charge < -0.3 is 5.73 Å². The van der Waals surface area contributed by atoms with Gasteiger partial charge >= 0.3 is 6.18 Å². The lowest BCUT2D eigenvalue weighted by Crippen LogP contribution is -2.29. The largest absolute Gasteiger partial charge is 0.416 e. The van der Waals surface area contributed by atoms with E-state index in [1.165, 1.54) is 12.1 Å². The lowest BCUT2D eigenvalue weighted by molar-refractivity contribution is -0.137. The monoisotopic (exact) mass is 244 g/mol. The average molecular weight is 244 g/mol. The quantitative estimate of drug-likeness (QED) is 0.822. The number of nitrogens with zero attached hydrogens (tertiary/aromatic N) is 1. The summed E-state index contributed by atoms with van der Waals surface area (Å²) >= 11 is 0. The van der Waals surface area contributed by atoms with Gasteiger partial charge in [0.15, 0.2) is 0 Å². The summed E-state index contributed by atoms with van der Waals surface area (Å²) in [5.41, 5.74) is 6.20. The van der Waals surface area contributed by atoms with E-state index in [4.69, 9.17) is 5.73 Å². The fraction of sp³-hybridized carbons (Fsp3) is 0.500. The molecule has 5 heteroatoms. The summed E-state index contributed by atoms with van der Waals surface area (Å²) in [6, 6.07) is 5.31. The number of benzene rings is 1. The number of likely N-dealkylation sites (tertiary alicyclic amines) is 1. The molecule has 0 aliphatic carbocycles. The molecular formula is C12H15F3N2. The minimum absolute atomic E-state index is 0.00302. The standard InChI is InChI=1S/C12H15F3N2/c1-17-7-6-10(16)11(17)8-2-4-9(5-3-8)12(13,14)15/h2-5,10-11H,6-7,16H2,1H3. The van der Waals surface area contributed by atoms with E-state index >= 15 is 0 Å². The van der Waals surface area contributed by atoms with Crippen molar-refractivity contribution in [1.29, 1.82) is 0 Å². The van der Waals surface area contributed by atoms with Gasteiger partial charge in [0, 0.05) is 18.6 Å². The van der Waals surface area contributed by atoms with Gasteiger partial charge in [-0.25, -0.2) is 0 Å². The van der Waals surface area contributed by atoms with E-state index in [-0.39, 0.29) is 12.1 Å². The fourth-order valence-electron chi connectivity index (χ4n) is 2.35. The van der Waals surface area contributed by atoms with Crippen LogP contribution in [-0.4, -0.2) is 24.5 Å². The molecule has 0 spiro atoms. The molecule has 0 radical (unpaired) electrons. The number of hydrogen-bond acceptors (Lipinski definition) is 2. The lowest BCUT2D eigenvalue weighted by Gasteiger charge is -2.23. The lowest BCUT2D eigenvalue weighted by atomic mass is 9.99. The molecule has 1 aliphatic rings. The first-order chi connectivity index (χ1) is 7.89. The highest BCUT2D eigenvalue weighted by Gasteiger charge is 2.33. The molecule has 94 valence electrons. The first-order valence-corrected chi connectivity index (χ1v) is 5.52. The fourth-order valence-corrected chi connectivity index (χ4v) is 2.35. The van der Waals surface area contributed by atoms with Crippen molar-refractivity contribution in [2.45, 2.75) is 24.7 Å². The SMILES string of the molecule is CN1CCC(N)C1c1ccc(C(F)(F)F)cc1. The Morgan fingerprint density at radius 1 is 1.24 bits per heavy atom. The molecule has 0 bridgehead atoms. The minimum atomic E-state index is -4.28. The van der Waals surface area contributed by atoms with Crippen molar-refractivity contribution in [2.75, 3.05) is 13.6 Å². The molecule has 1 aromatic rings. The van der Waals surface area contributed by atoms with Crippen LogP contribution in [0.25, 0.3) is 0 Å². The Kier molecular flexibility index (Phi) is 3.14. The first-order valence-electron chi connectivity index (χ1n) is 5.52. The molecule has 2 unspecified atom stereocenters. The molecule has 1 saturated heterocycles. The third-order valence-electron chi connectivity index (χ3n) is 3.28. The van der Waals surface area contributed by atoms with Crippen LogP contribution < -0.4 is 5.73 Å². The van der Waals surface area contributed by atoms with Gasteiger partial charge in [0.05, 0.1) is 5.56 Å². The van der Waals surface area contributed by atoms with Gasteiger partial charge in [0.2, 0.25) is 0 Å². The van der Waals surface area contributed by atoms with E-state index in [0.717, 1.165) is 30.7 Å². The van der Waals surface area contributed by atoms with Crippen LogP contribution in [-0.2, 0) is 6.18 Å². The summed E-state index contributed by atoms with van der Waals surface area (Å²) in [5, 5.41) is 0. The van der Waals surface area contributed by atoms with Crippen LogP contribution in [0.1, 0.15) is 23.6 Å². The number of halogens is 3. The molecule has 1 fully saturated rings. The third-order valence-corrected chi connectivity index (χ3v) is 3.28. The molecule has 1 aromatic carbocycles. The number of alkyl halides is 3. The van der Waals surface area contributed by atoms with Gasteiger partial charge in [-0.05, 0) is 31.2 Å². The number of nitrogens with two attached hydrogens (primary N) is 1. The Balaban J connectivity index is 2.24. The molecule has 0 aromatic heterocycles. The summed E-state index contributed by atoms with van der Waals surface area (Å²) < 4.78 is 37.2. The summed E-state index contributed by atoms with van der Waals surface area (Å²) in [4.78, 5) is 2.08. The van der Waals surface area contributed by atoms with E-state index in [0.29, 0.717) is 0 Å². The van der Waals surface area contributed by atoms with Gasteiger partial charge in [-0.15, -0.1) is 0 Å². The normalized spacial score (nSPS) is 26.4. The van der Waals surface area contributed by atoms with Crippen LogP contribution in [0.3, 0.4) is 0 Å². The highest BCUT2D eigenvalue weighted by Crippen LogP contribution is 2.33. The van der Waals surface area contributed by atoms with E-state index in [1.807, 2.05) is 7.05 Å². The molecule has 2 N–H and O–H groups in total. The zero-order valence-corrected chi connectivity index (χ0v) is 9.54. The molecule has 0 saturated carbocycles. The highest BCUT2D eigenvalue weighted by atomic mass is 19.4. The second-order valence-electron chi connectivity index (χ2n) is 4.50. The van der Waals surface area contributed by atoms with Crippen LogP contribution in [0.15, 0.2) is 24.3 Å². The van der Waals surface area contributed by atoms with Gasteiger partial charge in [-0.2, -0.15) is 13.2 Å². The molecule has 2 rings (SSSR count). The number of hydrogen-bond donors (Lipinski definition) is 1. The molecule has 2 atom stereocenters. The zero-order valence-electron chi connectivity index (χ0n) is 9.54. The number of rotatable bonds is 1. The van der Waals surface area contributed by atoms with Crippen LogP contribution in [0.4, 0.5) is 13.2 Å². The highest BCUT2D eigenvalue weighted by molar-refractivity contribution is 5.28. The number of likely N-dealkylation sites (N-methyl/N-ethyl adjacent to an activating group) is 1. The Labute approximate surface area is 98.2 Å². The third kappa shape index (κ3) is 2.45.